The fraction of sp³-hybridized carbons (Fsp3) is 0.923. The lowest BCUT2D eigenvalue weighted by Crippen LogP contribution is -2.56. The Hall–Kier alpha value is -0.770. The van der Waals surface area contributed by atoms with Crippen LogP contribution in [0.15, 0.2) is 0 Å². The molecule has 17 heavy (non-hydrogen) atoms. The van der Waals surface area contributed by atoms with Gasteiger partial charge in [0.05, 0.1) is 6.61 Å². The molecule has 1 aliphatic carbocycles. The van der Waals surface area contributed by atoms with Crippen LogP contribution in [0.3, 0.4) is 0 Å². The Labute approximate surface area is 103 Å². The zero-order valence-corrected chi connectivity index (χ0v) is 10.7. The molecule has 0 aromatic rings. The molecule has 0 atom stereocenters. The first-order valence-electron chi connectivity index (χ1n) is 6.88. The molecule has 2 saturated heterocycles. The SMILES string of the molecule is CCOC(=O)N1CCC2(CC(N3CCC3)C2)C1. The summed E-state index contributed by atoms with van der Waals surface area (Å²) in [6.45, 7) is 6.76. The van der Waals surface area contributed by atoms with Crippen LogP contribution in [-0.2, 0) is 4.74 Å². The number of carbonyl (C=O) groups excluding carboxylic acids is 1. The molecule has 3 aliphatic rings. The molecule has 1 amide bonds. The van der Waals surface area contributed by atoms with E-state index in [9.17, 15) is 4.79 Å². The molecule has 1 saturated carbocycles. The van der Waals surface area contributed by atoms with E-state index in [1.807, 2.05) is 11.8 Å². The summed E-state index contributed by atoms with van der Waals surface area (Å²) in [5, 5.41) is 0. The molecule has 3 rings (SSSR count). The second-order valence-electron chi connectivity index (χ2n) is 5.82. The number of hydrogen-bond donors (Lipinski definition) is 0. The van der Waals surface area contributed by atoms with Gasteiger partial charge >= 0.3 is 6.09 Å². The van der Waals surface area contributed by atoms with Crippen molar-refractivity contribution in [2.75, 3.05) is 32.8 Å². The van der Waals surface area contributed by atoms with Crippen LogP contribution in [0.25, 0.3) is 0 Å². The topological polar surface area (TPSA) is 32.8 Å². The van der Waals surface area contributed by atoms with E-state index in [-0.39, 0.29) is 6.09 Å². The molecule has 96 valence electrons. The van der Waals surface area contributed by atoms with Crippen LogP contribution < -0.4 is 0 Å². The standard InChI is InChI=1S/C13H22N2O2/c1-2-17-12(16)15-7-4-13(10-15)8-11(9-13)14-5-3-6-14/h11H,2-10H2,1H3. The number of nitrogens with zero attached hydrogens (tertiary/aromatic N) is 2. The fourth-order valence-electron chi connectivity index (χ4n) is 3.54. The van der Waals surface area contributed by atoms with Crippen LogP contribution in [0.5, 0.6) is 0 Å². The Balaban J connectivity index is 1.49. The van der Waals surface area contributed by atoms with Gasteiger partial charge in [-0.1, -0.05) is 0 Å². The molecule has 3 fully saturated rings. The highest BCUT2D eigenvalue weighted by atomic mass is 16.6. The van der Waals surface area contributed by atoms with E-state index in [1.165, 1.54) is 38.8 Å². The largest absolute Gasteiger partial charge is 0.450 e. The smallest absolute Gasteiger partial charge is 0.409 e. The summed E-state index contributed by atoms with van der Waals surface area (Å²) in [5.74, 6) is 0. The highest BCUT2D eigenvalue weighted by Crippen LogP contribution is 2.50. The first-order valence-corrected chi connectivity index (χ1v) is 6.88. The van der Waals surface area contributed by atoms with Crippen molar-refractivity contribution in [2.24, 2.45) is 5.41 Å². The molecule has 1 spiro atoms. The maximum absolute atomic E-state index is 11.6. The van der Waals surface area contributed by atoms with E-state index in [1.54, 1.807) is 0 Å². The van der Waals surface area contributed by atoms with Crippen molar-refractivity contribution in [1.82, 2.24) is 9.80 Å². The predicted molar refractivity (Wildman–Crippen MR) is 64.9 cm³/mol. The summed E-state index contributed by atoms with van der Waals surface area (Å²) in [6.07, 6.45) is 5.03. The van der Waals surface area contributed by atoms with Crippen molar-refractivity contribution < 1.29 is 9.53 Å². The van der Waals surface area contributed by atoms with Gasteiger partial charge < -0.3 is 14.5 Å². The summed E-state index contributed by atoms with van der Waals surface area (Å²) < 4.78 is 5.07. The van der Waals surface area contributed by atoms with E-state index < -0.39 is 0 Å². The van der Waals surface area contributed by atoms with Crippen LogP contribution in [-0.4, -0.2) is 54.7 Å². The van der Waals surface area contributed by atoms with Gasteiger partial charge in [0.1, 0.15) is 0 Å². The zero-order chi connectivity index (χ0) is 11.9. The highest BCUT2D eigenvalue weighted by Gasteiger charge is 2.51. The van der Waals surface area contributed by atoms with E-state index in [0.29, 0.717) is 12.0 Å². The van der Waals surface area contributed by atoms with E-state index in [0.717, 1.165) is 19.1 Å². The maximum atomic E-state index is 11.6. The van der Waals surface area contributed by atoms with Crippen LogP contribution >= 0.6 is 0 Å². The molecule has 0 radical (unpaired) electrons. The Morgan fingerprint density at radius 3 is 2.71 bits per heavy atom. The van der Waals surface area contributed by atoms with Crippen molar-refractivity contribution in [2.45, 2.75) is 38.6 Å². The number of rotatable bonds is 2. The van der Waals surface area contributed by atoms with Crippen molar-refractivity contribution in [3.8, 4) is 0 Å². The van der Waals surface area contributed by atoms with Gasteiger partial charge in [-0.05, 0) is 51.1 Å². The van der Waals surface area contributed by atoms with Gasteiger partial charge in [-0.3, -0.25) is 0 Å². The molecule has 0 N–H and O–H groups in total. The summed E-state index contributed by atoms with van der Waals surface area (Å²) in [4.78, 5) is 16.1. The van der Waals surface area contributed by atoms with Crippen molar-refractivity contribution in [3.05, 3.63) is 0 Å². The highest BCUT2D eigenvalue weighted by molar-refractivity contribution is 5.68. The van der Waals surface area contributed by atoms with Gasteiger partial charge in [0, 0.05) is 19.1 Å². The summed E-state index contributed by atoms with van der Waals surface area (Å²) >= 11 is 0. The summed E-state index contributed by atoms with van der Waals surface area (Å²) in [5.41, 5.74) is 0.438. The molecular formula is C13H22N2O2. The van der Waals surface area contributed by atoms with Gasteiger partial charge in [-0.2, -0.15) is 0 Å². The molecular weight excluding hydrogens is 216 g/mol. The first-order chi connectivity index (χ1) is 8.22. The normalized spacial score (nSPS) is 36.8. The molecule has 0 aromatic carbocycles. The minimum atomic E-state index is -0.114. The van der Waals surface area contributed by atoms with Crippen molar-refractivity contribution in [1.29, 1.82) is 0 Å². The Morgan fingerprint density at radius 2 is 2.12 bits per heavy atom. The predicted octanol–water partition coefficient (Wildman–Crippen LogP) is 1.70. The first kappa shape index (κ1) is 11.3. The maximum Gasteiger partial charge on any atom is 0.409 e. The summed E-state index contributed by atoms with van der Waals surface area (Å²) in [7, 11) is 0. The lowest BCUT2D eigenvalue weighted by Gasteiger charge is -2.52. The van der Waals surface area contributed by atoms with Gasteiger partial charge in [0.2, 0.25) is 0 Å². The monoisotopic (exact) mass is 238 g/mol. The third kappa shape index (κ3) is 1.92. The van der Waals surface area contributed by atoms with E-state index in [4.69, 9.17) is 4.74 Å². The number of carbonyl (C=O) groups is 1. The van der Waals surface area contributed by atoms with Crippen molar-refractivity contribution >= 4 is 6.09 Å². The molecule has 4 heteroatoms. The molecule has 2 aliphatic heterocycles. The molecule has 4 nitrogen and oxygen atoms in total. The minimum absolute atomic E-state index is 0.114. The van der Waals surface area contributed by atoms with Gasteiger partial charge in [0.15, 0.2) is 0 Å². The van der Waals surface area contributed by atoms with E-state index in [2.05, 4.69) is 4.90 Å². The summed E-state index contributed by atoms with van der Waals surface area (Å²) in [6, 6.07) is 0.811. The second-order valence-corrected chi connectivity index (χ2v) is 5.82. The molecule has 0 bridgehead atoms. The van der Waals surface area contributed by atoms with Gasteiger partial charge in [-0.15, -0.1) is 0 Å². The quantitative estimate of drug-likeness (QED) is 0.734. The number of ether oxygens (including phenoxy) is 1. The number of amides is 1. The average Bonchev–Trinajstić information content (AvgIpc) is 2.60. The molecule has 0 unspecified atom stereocenters. The van der Waals surface area contributed by atoms with Crippen LogP contribution in [0.2, 0.25) is 0 Å². The van der Waals surface area contributed by atoms with E-state index >= 15 is 0 Å². The van der Waals surface area contributed by atoms with Crippen LogP contribution in [0.4, 0.5) is 4.79 Å². The van der Waals surface area contributed by atoms with Crippen molar-refractivity contribution in [3.63, 3.8) is 0 Å². The average molecular weight is 238 g/mol. The Kier molecular flexibility index (Phi) is 2.77. The minimum Gasteiger partial charge on any atom is -0.450 e. The zero-order valence-electron chi connectivity index (χ0n) is 10.7. The molecule has 2 heterocycles. The lowest BCUT2D eigenvalue weighted by atomic mass is 9.64. The third-order valence-electron chi connectivity index (χ3n) is 4.71. The lowest BCUT2D eigenvalue weighted by molar-refractivity contribution is -0.0227. The Morgan fingerprint density at radius 1 is 1.35 bits per heavy atom. The number of hydrogen-bond acceptors (Lipinski definition) is 3. The second kappa shape index (κ2) is 4.16. The van der Waals surface area contributed by atoms with Gasteiger partial charge in [-0.25, -0.2) is 4.79 Å². The number of likely N-dealkylation sites (tertiary alicyclic amines) is 2. The van der Waals surface area contributed by atoms with Gasteiger partial charge in [0.25, 0.3) is 0 Å². The van der Waals surface area contributed by atoms with Crippen LogP contribution in [0, 0.1) is 5.41 Å². The Bertz CT molecular complexity index is 309. The third-order valence-corrected chi connectivity index (χ3v) is 4.71. The van der Waals surface area contributed by atoms with Crippen LogP contribution in [0.1, 0.15) is 32.6 Å². The fourth-order valence-corrected chi connectivity index (χ4v) is 3.54. The molecule has 0 aromatic heterocycles.